The maximum Gasteiger partial charge on any atom is 0.407 e. The van der Waals surface area contributed by atoms with Gasteiger partial charge in [0, 0.05) is 20.0 Å². The molecule has 0 aliphatic carbocycles. The fourth-order valence-electron chi connectivity index (χ4n) is 1.04. The zero-order valence-corrected chi connectivity index (χ0v) is 11.9. The molecular formula is C12H22N2O5. The highest BCUT2D eigenvalue weighted by Gasteiger charge is 2.15. The summed E-state index contributed by atoms with van der Waals surface area (Å²) in [4.78, 5) is 32.8. The second kappa shape index (κ2) is 8.34. The molecule has 0 atom stereocenters. The molecule has 0 aromatic heterocycles. The number of amides is 2. The highest BCUT2D eigenvalue weighted by molar-refractivity contribution is 5.79. The summed E-state index contributed by atoms with van der Waals surface area (Å²) in [5, 5.41) is 5.12. The predicted molar refractivity (Wildman–Crippen MR) is 68.5 cm³/mol. The first kappa shape index (κ1) is 17.2. The Labute approximate surface area is 113 Å². The Bertz CT molecular complexity index is 323. The molecule has 0 saturated heterocycles. The van der Waals surface area contributed by atoms with E-state index in [-0.39, 0.29) is 12.5 Å². The second-order valence-electron chi connectivity index (χ2n) is 4.91. The Kier molecular flexibility index (Phi) is 7.55. The number of hydrogen-bond donors (Lipinski definition) is 2. The highest BCUT2D eigenvalue weighted by atomic mass is 16.6. The first-order chi connectivity index (χ1) is 8.70. The summed E-state index contributed by atoms with van der Waals surface area (Å²) in [6.45, 7) is 7.07. The van der Waals surface area contributed by atoms with Crippen molar-refractivity contribution in [2.75, 3.05) is 19.7 Å². The van der Waals surface area contributed by atoms with Gasteiger partial charge in [-0.3, -0.25) is 9.59 Å². The Morgan fingerprint density at radius 1 is 1.05 bits per heavy atom. The van der Waals surface area contributed by atoms with Crippen molar-refractivity contribution < 1.29 is 23.9 Å². The van der Waals surface area contributed by atoms with Crippen molar-refractivity contribution >= 4 is 18.0 Å². The van der Waals surface area contributed by atoms with E-state index in [4.69, 9.17) is 4.74 Å². The number of hydrogen-bond acceptors (Lipinski definition) is 5. The van der Waals surface area contributed by atoms with Gasteiger partial charge in [0.1, 0.15) is 5.60 Å². The fraction of sp³-hybridized carbons (Fsp3) is 0.750. The maximum atomic E-state index is 11.3. The molecule has 2 N–H and O–H groups in total. The third kappa shape index (κ3) is 12.5. The van der Waals surface area contributed by atoms with E-state index in [0.717, 1.165) is 0 Å². The van der Waals surface area contributed by atoms with Crippen LogP contribution in [0.15, 0.2) is 0 Å². The summed E-state index contributed by atoms with van der Waals surface area (Å²) in [7, 11) is 0. The van der Waals surface area contributed by atoms with Gasteiger partial charge in [-0.25, -0.2) is 4.79 Å². The van der Waals surface area contributed by atoms with Crippen LogP contribution in [0.25, 0.3) is 0 Å². The monoisotopic (exact) mass is 274 g/mol. The first-order valence-electron chi connectivity index (χ1n) is 6.07. The summed E-state index contributed by atoms with van der Waals surface area (Å²) in [6, 6.07) is 0. The Balaban J connectivity index is 3.52. The molecule has 19 heavy (non-hydrogen) atoms. The highest BCUT2D eigenvalue weighted by Crippen LogP contribution is 2.06. The van der Waals surface area contributed by atoms with E-state index >= 15 is 0 Å². The number of rotatable bonds is 6. The molecule has 0 aromatic carbocycles. The van der Waals surface area contributed by atoms with Gasteiger partial charge in [0.2, 0.25) is 0 Å². The van der Waals surface area contributed by atoms with Gasteiger partial charge in [0.15, 0.2) is 6.61 Å². The lowest BCUT2D eigenvalue weighted by Gasteiger charge is -2.19. The summed E-state index contributed by atoms with van der Waals surface area (Å²) in [5.41, 5.74) is -0.525. The molecule has 7 heteroatoms. The molecule has 0 bridgehead atoms. The molecule has 0 rings (SSSR count). The molecule has 0 heterocycles. The van der Waals surface area contributed by atoms with Crippen LogP contribution in [0.2, 0.25) is 0 Å². The van der Waals surface area contributed by atoms with Crippen LogP contribution in [0.3, 0.4) is 0 Å². The molecule has 0 unspecified atom stereocenters. The summed E-state index contributed by atoms with van der Waals surface area (Å²) >= 11 is 0. The summed E-state index contributed by atoms with van der Waals surface area (Å²) in [5.74, 6) is -0.866. The smallest absolute Gasteiger partial charge is 0.407 e. The molecular weight excluding hydrogens is 252 g/mol. The molecule has 0 radical (unpaired) electrons. The van der Waals surface area contributed by atoms with E-state index in [0.29, 0.717) is 19.5 Å². The third-order valence-electron chi connectivity index (χ3n) is 1.75. The number of esters is 1. The number of nitrogens with one attached hydrogen (secondary N) is 2. The Morgan fingerprint density at radius 3 is 2.16 bits per heavy atom. The van der Waals surface area contributed by atoms with Crippen LogP contribution in [0.4, 0.5) is 4.79 Å². The van der Waals surface area contributed by atoms with E-state index in [1.54, 1.807) is 20.8 Å². The summed E-state index contributed by atoms with van der Waals surface area (Å²) < 4.78 is 9.55. The number of alkyl carbamates (subject to hydrolysis) is 1. The lowest BCUT2D eigenvalue weighted by Crippen LogP contribution is -2.35. The zero-order valence-electron chi connectivity index (χ0n) is 11.9. The van der Waals surface area contributed by atoms with Crippen LogP contribution in [0.5, 0.6) is 0 Å². The van der Waals surface area contributed by atoms with Crippen LogP contribution in [0.1, 0.15) is 34.1 Å². The minimum absolute atomic E-state index is 0.283. The second-order valence-corrected chi connectivity index (χ2v) is 4.91. The van der Waals surface area contributed by atoms with Crippen molar-refractivity contribution in [2.45, 2.75) is 39.7 Å². The van der Waals surface area contributed by atoms with Crippen molar-refractivity contribution in [1.82, 2.24) is 10.6 Å². The quantitative estimate of drug-likeness (QED) is 0.546. The number of carbonyl (C=O) groups excluding carboxylic acids is 3. The molecule has 0 saturated carbocycles. The zero-order chi connectivity index (χ0) is 14.9. The van der Waals surface area contributed by atoms with Crippen molar-refractivity contribution in [1.29, 1.82) is 0 Å². The van der Waals surface area contributed by atoms with E-state index in [1.807, 2.05) is 0 Å². The van der Waals surface area contributed by atoms with Gasteiger partial charge in [-0.15, -0.1) is 0 Å². The number of carbonyl (C=O) groups is 3. The molecule has 0 aliphatic heterocycles. The predicted octanol–water partition coefficient (Wildman–Crippen LogP) is 0.580. The van der Waals surface area contributed by atoms with Crippen LogP contribution in [-0.2, 0) is 19.1 Å². The normalized spacial score (nSPS) is 10.5. The van der Waals surface area contributed by atoms with E-state index < -0.39 is 17.7 Å². The minimum atomic E-state index is -0.525. The van der Waals surface area contributed by atoms with E-state index in [1.165, 1.54) is 6.92 Å². The van der Waals surface area contributed by atoms with Crippen molar-refractivity contribution in [3.63, 3.8) is 0 Å². The standard InChI is InChI=1S/C12H22N2O5/c1-9(15)18-8-10(16)13-6-5-7-14-11(17)19-12(2,3)4/h5-8H2,1-4H3,(H,13,16)(H,14,17). The van der Waals surface area contributed by atoms with Crippen LogP contribution in [-0.4, -0.2) is 43.3 Å². The lowest BCUT2D eigenvalue weighted by molar-refractivity contribution is -0.146. The molecule has 2 amide bonds. The van der Waals surface area contributed by atoms with Crippen molar-refractivity contribution in [3.05, 3.63) is 0 Å². The van der Waals surface area contributed by atoms with Gasteiger partial charge in [0.05, 0.1) is 0 Å². The van der Waals surface area contributed by atoms with Gasteiger partial charge in [-0.2, -0.15) is 0 Å². The third-order valence-corrected chi connectivity index (χ3v) is 1.75. The molecule has 0 aromatic rings. The first-order valence-corrected chi connectivity index (χ1v) is 6.07. The Hall–Kier alpha value is -1.79. The van der Waals surface area contributed by atoms with Crippen LogP contribution < -0.4 is 10.6 Å². The molecule has 0 fully saturated rings. The SMILES string of the molecule is CC(=O)OCC(=O)NCCCNC(=O)OC(C)(C)C. The largest absolute Gasteiger partial charge is 0.456 e. The van der Waals surface area contributed by atoms with Gasteiger partial charge in [0.25, 0.3) is 5.91 Å². The van der Waals surface area contributed by atoms with Gasteiger partial charge in [-0.05, 0) is 27.2 Å². The van der Waals surface area contributed by atoms with Gasteiger partial charge >= 0.3 is 12.1 Å². The van der Waals surface area contributed by atoms with Gasteiger partial charge < -0.3 is 20.1 Å². The average Bonchev–Trinajstić information content (AvgIpc) is 2.23. The molecule has 0 spiro atoms. The number of ether oxygens (including phenoxy) is 2. The average molecular weight is 274 g/mol. The van der Waals surface area contributed by atoms with Crippen LogP contribution >= 0.6 is 0 Å². The van der Waals surface area contributed by atoms with E-state index in [2.05, 4.69) is 15.4 Å². The summed E-state index contributed by atoms with van der Waals surface area (Å²) in [6.07, 6.45) is 0.0733. The molecule has 0 aliphatic rings. The fourth-order valence-corrected chi connectivity index (χ4v) is 1.04. The Morgan fingerprint density at radius 2 is 1.63 bits per heavy atom. The van der Waals surface area contributed by atoms with E-state index in [9.17, 15) is 14.4 Å². The topological polar surface area (TPSA) is 93.7 Å². The molecule has 7 nitrogen and oxygen atoms in total. The van der Waals surface area contributed by atoms with Crippen molar-refractivity contribution in [3.8, 4) is 0 Å². The van der Waals surface area contributed by atoms with Gasteiger partial charge in [-0.1, -0.05) is 0 Å². The minimum Gasteiger partial charge on any atom is -0.456 e. The van der Waals surface area contributed by atoms with Crippen LogP contribution in [0, 0.1) is 0 Å². The lowest BCUT2D eigenvalue weighted by atomic mass is 10.2. The maximum absolute atomic E-state index is 11.3. The molecule has 110 valence electrons. The van der Waals surface area contributed by atoms with Crippen molar-refractivity contribution in [2.24, 2.45) is 0 Å².